The number of carbonyl (C=O) groups is 1. The molecule has 1 aliphatic carbocycles. The van der Waals surface area contributed by atoms with E-state index in [-0.39, 0.29) is 12.5 Å². The number of nitriles is 1. The molecule has 0 bridgehead atoms. The average Bonchev–Trinajstić information content (AvgIpc) is 2.93. The van der Waals surface area contributed by atoms with Gasteiger partial charge in [-0.05, 0) is 31.0 Å². The Morgan fingerprint density at radius 2 is 1.93 bits per heavy atom. The number of hydrogen-bond donors (Lipinski definition) is 2. The molecule has 7 heteroatoms. The van der Waals surface area contributed by atoms with Crippen LogP contribution in [0.15, 0.2) is 18.2 Å². The van der Waals surface area contributed by atoms with Crippen molar-refractivity contribution in [1.29, 1.82) is 5.26 Å². The lowest BCUT2D eigenvalue weighted by Gasteiger charge is -2.31. The van der Waals surface area contributed by atoms with E-state index in [2.05, 4.69) is 21.6 Å². The maximum atomic E-state index is 12.5. The Hall–Kier alpha value is -1.97. The summed E-state index contributed by atoms with van der Waals surface area (Å²) in [4.78, 5) is 14.8. The van der Waals surface area contributed by atoms with Gasteiger partial charge in [-0.25, -0.2) is 0 Å². The molecule has 1 aromatic carbocycles. The van der Waals surface area contributed by atoms with Crippen LogP contribution in [0.4, 0.5) is 11.4 Å². The van der Waals surface area contributed by atoms with Crippen LogP contribution >= 0.6 is 11.6 Å². The number of rotatable bonds is 5. The van der Waals surface area contributed by atoms with Crippen LogP contribution in [0.2, 0.25) is 5.02 Å². The first-order valence-electron chi connectivity index (χ1n) is 9.70. The summed E-state index contributed by atoms with van der Waals surface area (Å²) in [7, 11) is 0. The predicted molar refractivity (Wildman–Crippen MR) is 107 cm³/mol. The standard InChI is InChI=1S/C20H27ClN4O2/c21-16-5-6-18(25-9-11-27-12-10-25)17(13-16)23-14-19(26)24-20(15-22)7-3-1-2-4-8-20/h5-6,13,23H,1-4,7-12,14H2,(H,24,26). The highest BCUT2D eigenvalue weighted by molar-refractivity contribution is 6.31. The molecule has 1 saturated heterocycles. The number of ether oxygens (including phenoxy) is 1. The summed E-state index contributed by atoms with van der Waals surface area (Å²) in [6.07, 6.45) is 5.68. The van der Waals surface area contributed by atoms with Crippen molar-refractivity contribution in [3.05, 3.63) is 23.2 Å². The summed E-state index contributed by atoms with van der Waals surface area (Å²) in [5, 5.41) is 16.4. The number of carbonyl (C=O) groups excluding carboxylic acids is 1. The van der Waals surface area contributed by atoms with Crippen LogP contribution in [-0.4, -0.2) is 44.3 Å². The molecule has 3 rings (SSSR count). The number of morpholine rings is 1. The first-order valence-corrected chi connectivity index (χ1v) is 10.1. The molecular weight excluding hydrogens is 364 g/mol. The van der Waals surface area contributed by atoms with Crippen molar-refractivity contribution in [2.75, 3.05) is 43.1 Å². The van der Waals surface area contributed by atoms with Crippen molar-refractivity contribution < 1.29 is 9.53 Å². The van der Waals surface area contributed by atoms with Gasteiger partial charge >= 0.3 is 0 Å². The SMILES string of the molecule is N#CC1(NC(=O)CNc2cc(Cl)ccc2N2CCOCC2)CCCCCC1. The molecule has 6 nitrogen and oxygen atoms in total. The van der Waals surface area contributed by atoms with E-state index in [1.165, 1.54) is 0 Å². The molecule has 1 heterocycles. The Bertz CT molecular complexity index is 690. The van der Waals surface area contributed by atoms with Gasteiger partial charge in [0.2, 0.25) is 5.91 Å². The van der Waals surface area contributed by atoms with Gasteiger partial charge < -0.3 is 20.3 Å². The van der Waals surface area contributed by atoms with Crippen molar-refractivity contribution in [2.45, 2.75) is 44.1 Å². The van der Waals surface area contributed by atoms with Gasteiger partial charge in [-0.2, -0.15) is 5.26 Å². The highest BCUT2D eigenvalue weighted by atomic mass is 35.5. The van der Waals surface area contributed by atoms with E-state index in [1.807, 2.05) is 18.2 Å². The van der Waals surface area contributed by atoms with Crippen LogP contribution in [0.1, 0.15) is 38.5 Å². The van der Waals surface area contributed by atoms with E-state index in [9.17, 15) is 10.1 Å². The lowest BCUT2D eigenvalue weighted by molar-refractivity contribution is -0.120. The van der Waals surface area contributed by atoms with Crippen LogP contribution in [0, 0.1) is 11.3 Å². The fourth-order valence-corrected chi connectivity index (χ4v) is 3.99. The minimum Gasteiger partial charge on any atom is -0.378 e. The molecule has 27 heavy (non-hydrogen) atoms. The zero-order chi connectivity index (χ0) is 19.1. The van der Waals surface area contributed by atoms with Crippen molar-refractivity contribution in [1.82, 2.24) is 5.32 Å². The minimum absolute atomic E-state index is 0.112. The second-order valence-corrected chi connectivity index (χ2v) is 7.71. The normalized spacial score (nSPS) is 19.6. The highest BCUT2D eigenvalue weighted by Gasteiger charge is 2.32. The quantitative estimate of drug-likeness (QED) is 0.754. The molecule has 0 spiro atoms. The number of halogens is 1. The number of amides is 1. The smallest absolute Gasteiger partial charge is 0.240 e. The Balaban J connectivity index is 1.64. The first-order chi connectivity index (χ1) is 13.1. The van der Waals surface area contributed by atoms with E-state index in [0.717, 1.165) is 63.0 Å². The molecule has 1 saturated carbocycles. The van der Waals surface area contributed by atoms with Crippen molar-refractivity contribution in [2.24, 2.45) is 0 Å². The second-order valence-electron chi connectivity index (χ2n) is 7.27. The highest BCUT2D eigenvalue weighted by Crippen LogP contribution is 2.30. The lowest BCUT2D eigenvalue weighted by Crippen LogP contribution is -2.49. The molecule has 1 amide bonds. The molecule has 0 radical (unpaired) electrons. The molecule has 2 fully saturated rings. The monoisotopic (exact) mass is 390 g/mol. The average molecular weight is 391 g/mol. The van der Waals surface area contributed by atoms with Gasteiger partial charge in [-0.1, -0.05) is 37.3 Å². The molecule has 0 aromatic heterocycles. The summed E-state index contributed by atoms with van der Waals surface area (Å²) in [6.45, 7) is 3.10. The number of anilines is 2. The summed E-state index contributed by atoms with van der Waals surface area (Å²) < 4.78 is 5.42. The summed E-state index contributed by atoms with van der Waals surface area (Å²) in [5.74, 6) is -0.161. The van der Waals surface area contributed by atoms with Gasteiger partial charge in [0.15, 0.2) is 0 Å². The molecule has 0 unspecified atom stereocenters. The largest absolute Gasteiger partial charge is 0.378 e. The van der Waals surface area contributed by atoms with Crippen molar-refractivity contribution in [3.8, 4) is 6.07 Å². The van der Waals surface area contributed by atoms with Gasteiger partial charge in [-0.15, -0.1) is 0 Å². The second kappa shape index (κ2) is 9.29. The van der Waals surface area contributed by atoms with E-state index in [1.54, 1.807) is 0 Å². The third-order valence-corrected chi connectivity index (χ3v) is 5.53. The van der Waals surface area contributed by atoms with Crippen molar-refractivity contribution >= 4 is 28.9 Å². The van der Waals surface area contributed by atoms with Gasteiger partial charge in [-0.3, -0.25) is 4.79 Å². The van der Waals surface area contributed by atoms with Gasteiger partial charge in [0, 0.05) is 18.1 Å². The van der Waals surface area contributed by atoms with E-state index in [4.69, 9.17) is 16.3 Å². The molecule has 0 atom stereocenters. The third-order valence-electron chi connectivity index (χ3n) is 5.30. The Morgan fingerprint density at radius 3 is 2.59 bits per heavy atom. The number of nitrogens with one attached hydrogen (secondary N) is 2. The zero-order valence-corrected chi connectivity index (χ0v) is 16.4. The summed E-state index contributed by atoms with van der Waals surface area (Å²) >= 11 is 6.16. The molecule has 146 valence electrons. The molecule has 2 N–H and O–H groups in total. The van der Waals surface area contributed by atoms with Crippen LogP contribution in [0.25, 0.3) is 0 Å². The van der Waals surface area contributed by atoms with Gasteiger partial charge in [0.05, 0.1) is 37.2 Å². The lowest BCUT2D eigenvalue weighted by atomic mass is 9.92. The predicted octanol–water partition coefficient (Wildman–Crippen LogP) is 3.32. The van der Waals surface area contributed by atoms with E-state index >= 15 is 0 Å². The van der Waals surface area contributed by atoms with Gasteiger partial charge in [0.1, 0.15) is 5.54 Å². The fourth-order valence-electron chi connectivity index (χ4n) is 3.81. The molecule has 1 aliphatic heterocycles. The third kappa shape index (κ3) is 5.27. The number of nitrogens with zero attached hydrogens (tertiary/aromatic N) is 2. The topological polar surface area (TPSA) is 77.4 Å². The zero-order valence-electron chi connectivity index (χ0n) is 15.6. The van der Waals surface area contributed by atoms with Crippen LogP contribution in [0.3, 0.4) is 0 Å². The summed E-state index contributed by atoms with van der Waals surface area (Å²) in [6, 6.07) is 8.02. The Labute approximate surface area is 165 Å². The number of benzene rings is 1. The molecule has 1 aromatic rings. The maximum Gasteiger partial charge on any atom is 0.240 e. The van der Waals surface area contributed by atoms with Crippen molar-refractivity contribution in [3.63, 3.8) is 0 Å². The van der Waals surface area contributed by atoms with E-state index in [0.29, 0.717) is 18.2 Å². The molecule has 2 aliphatic rings. The van der Waals surface area contributed by atoms with Crippen LogP contribution < -0.4 is 15.5 Å². The Kier molecular flexibility index (Phi) is 6.81. The van der Waals surface area contributed by atoms with Crippen LogP contribution in [-0.2, 0) is 9.53 Å². The fraction of sp³-hybridized carbons (Fsp3) is 0.600. The minimum atomic E-state index is -0.726. The summed E-state index contributed by atoms with van der Waals surface area (Å²) in [5.41, 5.74) is 1.11. The number of hydrogen-bond acceptors (Lipinski definition) is 5. The van der Waals surface area contributed by atoms with Gasteiger partial charge in [0.25, 0.3) is 0 Å². The Morgan fingerprint density at radius 1 is 1.22 bits per heavy atom. The molecular formula is C20H27ClN4O2. The van der Waals surface area contributed by atoms with E-state index < -0.39 is 5.54 Å². The maximum absolute atomic E-state index is 12.5. The first kappa shape index (κ1) is 19.8. The van der Waals surface area contributed by atoms with Crippen LogP contribution in [0.5, 0.6) is 0 Å².